The van der Waals surface area contributed by atoms with Crippen molar-refractivity contribution < 1.29 is 9.18 Å². The zero-order chi connectivity index (χ0) is 22.3. The number of anilines is 1. The molecular formula is C24H25ClFN3OS. The summed E-state index contributed by atoms with van der Waals surface area (Å²) in [4.78, 5) is 19.8. The Bertz CT molecular complexity index is 1090. The molecule has 2 aliphatic rings. The van der Waals surface area contributed by atoms with Gasteiger partial charge >= 0.3 is 0 Å². The molecule has 1 atom stereocenters. The Hall–Kier alpha value is -2.31. The number of halogens is 2. The first-order valence-electron chi connectivity index (χ1n) is 10.3. The maximum absolute atomic E-state index is 13.1. The van der Waals surface area contributed by atoms with E-state index >= 15 is 0 Å². The van der Waals surface area contributed by atoms with Gasteiger partial charge in [0.05, 0.1) is 10.6 Å². The van der Waals surface area contributed by atoms with Crippen LogP contribution < -0.4 is 10.2 Å². The van der Waals surface area contributed by atoms with Crippen molar-refractivity contribution in [2.24, 2.45) is 4.99 Å². The number of hydrogen-bond donors (Lipinski definition) is 1. The highest BCUT2D eigenvalue weighted by molar-refractivity contribution is 8.18. The van der Waals surface area contributed by atoms with Gasteiger partial charge in [-0.1, -0.05) is 18.5 Å². The number of fused-ring (bicyclic) bond motifs is 1. The predicted octanol–water partition coefficient (Wildman–Crippen LogP) is 6.48. The van der Waals surface area contributed by atoms with E-state index in [1.54, 1.807) is 12.1 Å². The molecule has 2 aromatic rings. The number of rotatable bonds is 3. The van der Waals surface area contributed by atoms with E-state index in [2.05, 4.69) is 49.0 Å². The second-order valence-corrected chi connectivity index (χ2v) is 9.99. The molecular weight excluding hydrogens is 433 g/mol. The lowest BCUT2D eigenvalue weighted by Gasteiger charge is -2.47. The van der Waals surface area contributed by atoms with Gasteiger partial charge in [0.1, 0.15) is 5.82 Å². The average molecular weight is 458 g/mol. The Kier molecular flexibility index (Phi) is 5.88. The third-order valence-electron chi connectivity index (χ3n) is 5.82. The first-order chi connectivity index (χ1) is 14.7. The van der Waals surface area contributed by atoms with Crippen LogP contribution in [0.15, 0.2) is 46.3 Å². The maximum atomic E-state index is 13.1. The van der Waals surface area contributed by atoms with E-state index in [0.717, 1.165) is 18.5 Å². The third kappa shape index (κ3) is 4.37. The van der Waals surface area contributed by atoms with Gasteiger partial charge in [0, 0.05) is 22.8 Å². The van der Waals surface area contributed by atoms with Crippen molar-refractivity contribution in [3.8, 4) is 0 Å². The Morgan fingerprint density at radius 3 is 2.71 bits per heavy atom. The Labute approximate surface area is 191 Å². The molecule has 0 spiro atoms. The standard InChI is InChI=1S/C24H25ClFN3OS/c1-5-29-20-12-19(25)15(10-18(20)14(2)13-24(29,3)4)11-21-22(30)28-23(31-21)27-17-8-6-16(26)7-9-17/h6-12,14H,5,13H2,1-4H3,(H,27,28,30)/b21-11+. The number of carbonyl (C=O) groups excluding carboxylic acids is 1. The number of benzene rings is 2. The van der Waals surface area contributed by atoms with E-state index in [-0.39, 0.29) is 17.3 Å². The predicted molar refractivity (Wildman–Crippen MR) is 129 cm³/mol. The van der Waals surface area contributed by atoms with Crippen LogP contribution in [0.25, 0.3) is 6.08 Å². The van der Waals surface area contributed by atoms with Crippen LogP contribution in [0.2, 0.25) is 5.02 Å². The molecule has 1 saturated heterocycles. The lowest BCUT2D eigenvalue weighted by molar-refractivity contribution is -0.115. The molecule has 2 aliphatic heterocycles. The van der Waals surface area contributed by atoms with Crippen LogP contribution in [0.3, 0.4) is 0 Å². The zero-order valence-electron chi connectivity index (χ0n) is 18.0. The number of carbonyl (C=O) groups is 1. The van der Waals surface area contributed by atoms with Crippen molar-refractivity contribution in [3.63, 3.8) is 0 Å². The summed E-state index contributed by atoms with van der Waals surface area (Å²) in [5, 5.41) is 3.85. The molecule has 1 fully saturated rings. The Morgan fingerprint density at radius 2 is 2.03 bits per heavy atom. The van der Waals surface area contributed by atoms with Crippen LogP contribution in [0.1, 0.15) is 51.2 Å². The number of amides is 1. The summed E-state index contributed by atoms with van der Waals surface area (Å²) in [6.45, 7) is 9.84. The van der Waals surface area contributed by atoms with Gasteiger partial charge < -0.3 is 10.2 Å². The van der Waals surface area contributed by atoms with Crippen molar-refractivity contribution in [2.75, 3.05) is 11.4 Å². The quantitative estimate of drug-likeness (QED) is 0.536. The zero-order valence-corrected chi connectivity index (χ0v) is 19.6. The summed E-state index contributed by atoms with van der Waals surface area (Å²) in [5.74, 6) is -0.152. The van der Waals surface area contributed by atoms with Crippen molar-refractivity contribution in [3.05, 3.63) is 63.3 Å². The molecule has 0 aromatic heterocycles. The summed E-state index contributed by atoms with van der Waals surface area (Å²) in [6, 6.07) is 9.95. The molecule has 1 amide bonds. The minimum atomic E-state index is -0.325. The number of thioether (sulfide) groups is 1. The summed E-state index contributed by atoms with van der Waals surface area (Å²) in [7, 11) is 0. The van der Waals surface area contributed by atoms with Crippen molar-refractivity contribution in [2.45, 2.75) is 45.6 Å². The molecule has 7 heteroatoms. The van der Waals surface area contributed by atoms with Crippen LogP contribution in [-0.4, -0.2) is 23.2 Å². The number of hydrogen-bond acceptors (Lipinski definition) is 4. The maximum Gasteiger partial charge on any atom is 0.264 e. The van der Waals surface area contributed by atoms with Gasteiger partial charge in [-0.3, -0.25) is 4.79 Å². The first kappa shape index (κ1) is 21.9. The Balaban J connectivity index is 1.66. The van der Waals surface area contributed by atoms with E-state index in [9.17, 15) is 9.18 Å². The number of aliphatic imine (C=N–C) groups is 1. The van der Waals surface area contributed by atoms with Crippen molar-refractivity contribution in [1.29, 1.82) is 0 Å². The average Bonchev–Trinajstić information content (AvgIpc) is 3.03. The number of nitrogens with one attached hydrogen (secondary N) is 1. The second kappa shape index (κ2) is 8.32. The lowest BCUT2D eigenvalue weighted by atomic mass is 9.79. The molecule has 0 aliphatic carbocycles. The molecule has 0 saturated carbocycles. The topological polar surface area (TPSA) is 44.7 Å². The normalized spacial score (nSPS) is 22.7. The smallest absolute Gasteiger partial charge is 0.264 e. The molecule has 0 bridgehead atoms. The van der Waals surface area contributed by atoms with Gasteiger partial charge in [-0.25, -0.2) is 9.38 Å². The molecule has 162 valence electrons. The molecule has 1 N–H and O–H groups in total. The van der Waals surface area contributed by atoms with Crippen LogP contribution in [0.5, 0.6) is 0 Å². The molecule has 4 rings (SSSR count). The van der Waals surface area contributed by atoms with Crippen molar-refractivity contribution in [1.82, 2.24) is 5.32 Å². The van der Waals surface area contributed by atoms with Crippen molar-refractivity contribution >= 4 is 51.9 Å². The molecule has 2 aromatic carbocycles. The SMILES string of the molecule is CCN1c2cc(Cl)c(/C=C3/SC(=Nc4ccc(F)cc4)NC3=O)cc2C(C)CC1(C)C. The van der Waals surface area contributed by atoms with Crippen LogP contribution >= 0.6 is 23.4 Å². The van der Waals surface area contributed by atoms with E-state index in [1.807, 2.05) is 12.1 Å². The third-order valence-corrected chi connectivity index (χ3v) is 7.05. The Morgan fingerprint density at radius 1 is 1.32 bits per heavy atom. The highest BCUT2D eigenvalue weighted by atomic mass is 35.5. The lowest BCUT2D eigenvalue weighted by Crippen LogP contribution is -2.48. The number of nitrogens with zero attached hydrogens (tertiary/aromatic N) is 2. The van der Waals surface area contributed by atoms with Crippen LogP contribution in [0.4, 0.5) is 15.8 Å². The fourth-order valence-electron chi connectivity index (χ4n) is 4.48. The number of amidine groups is 1. The monoisotopic (exact) mass is 457 g/mol. The minimum absolute atomic E-state index is 0.0669. The van der Waals surface area contributed by atoms with E-state index < -0.39 is 0 Å². The first-order valence-corrected chi connectivity index (χ1v) is 11.5. The van der Waals surface area contributed by atoms with E-state index in [1.165, 1.54) is 35.1 Å². The highest BCUT2D eigenvalue weighted by Crippen LogP contribution is 2.45. The fraction of sp³-hybridized carbons (Fsp3) is 0.333. The summed E-state index contributed by atoms with van der Waals surface area (Å²) in [5.41, 5.74) is 3.88. The molecule has 4 nitrogen and oxygen atoms in total. The van der Waals surface area contributed by atoms with Gasteiger partial charge in [0.15, 0.2) is 5.17 Å². The summed E-state index contributed by atoms with van der Waals surface area (Å²) in [6.07, 6.45) is 2.87. The summed E-state index contributed by atoms with van der Waals surface area (Å²) < 4.78 is 13.1. The van der Waals surface area contributed by atoms with Crippen LogP contribution in [0, 0.1) is 5.82 Å². The van der Waals surface area contributed by atoms with Gasteiger partial charge in [-0.15, -0.1) is 0 Å². The molecule has 1 unspecified atom stereocenters. The van der Waals surface area contributed by atoms with E-state index in [0.29, 0.717) is 26.7 Å². The van der Waals surface area contributed by atoms with Gasteiger partial charge in [-0.05, 0) is 98.5 Å². The second-order valence-electron chi connectivity index (χ2n) is 8.55. The van der Waals surface area contributed by atoms with Gasteiger partial charge in [0.25, 0.3) is 5.91 Å². The molecule has 0 radical (unpaired) electrons. The highest BCUT2D eigenvalue weighted by Gasteiger charge is 2.36. The van der Waals surface area contributed by atoms with E-state index in [4.69, 9.17) is 11.6 Å². The fourth-order valence-corrected chi connectivity index (χ4v) is 5.53. The van der Waals surface area contributed by atoms with Gasteiger partial charge in [-0.2, -0.15) is 0 Å². The van der Waals surface area contributed by atoms with Crippen LogP contribution in [-0.2, 0) is 4.79 Å². The minimum Gasteiger partial charge on any atom is -0.366 e. The molecule has 2 heterocycles. The molecule has 31 heavy (non-hydrogen) atoms. The van der Waals surface area contributed by atoms with Gasteiger partial charge in [0.2, 0.25) is 0 Å². The summed E-state index contributed by atoms with van der Waals surface area (Å²) >= 11 is 7.91. The largest absolute Gasteiger partial charge is 0.366 e.